The lowest BCUT2D eigenvalue weighted by atomic mass is 9.89. The number of nitrogens with zero attached hydrogens (tertiary/aromatic N) is 2. The predicted octanol–water partition coefficient (Wildman–Crippen LogP) is 2.60. The molecule has 2 saturated heterocycles. The quantitative estimate of drug-likeness (QED) is 0.581. The molecular weight excluding hydrogens is 439 g/mol. The summed E-state index contributed by atoms with van der Waals surface area (Å²) in [5.74, 6) is -0.542. The highest BCUT2D eigenvalue weighted by Crippen LogP contribution is 2.38. The van der Waals surface area contributed by atoms with Crippen molar-refractivity contribution in [3.05, 3.63) is 28.2 Å². The van der Waals surface area contributed by atoms with Crippen molar-refractivity contribution < 1.29 is 22.7 Å². The van der Waals surface area contributed by atoms with Crippen LogP contribution in [0, 0.1) is 5.92 Å². The van der Waals surface area contributed by atoms with Gasteiger partial charge in [0, 0.05) is 42.7 Å². The van der Waals surface area contributed by atoms with E-state index in [0.29, 0.717) is 32.5 Å². The number of piperidine rings is 1. The number of halogens is 2. The maximum absolute atomic E-state index is 13.6. The predicted molar refractivity (Wildman–Crippen MR) is 110 cm³/mol. The van der Waals surface area contributed by atoms with E-state index in [2.05, 4.69) is 0 Å². The van der Waals surface area contributed by atoms with Crippen LogP contribution in [0.1, 0.15) is 25.7 Å². The highest BCUT2D eigenvalue weighted by atomic mass is 35.5. The highest BCUT2D eigenvalue weighted by molar-refractivity contribution is 7.89. The number of hydrogen-bond donors (Lipinski definition) is 0. The lowest BCUT2D eigenvalue weighted by Crippen LogP contribution is -2.54. The zero-order valence-corrected chi connectivity index (χ0v) is 18.4. The molecule has 1 amide bonds. The van der Waals surface area contributed by atoms with E-state index in [1.54, 1.807) is 12.0 Å². The van der Waals surface area contributed by atoms with Gasteiger partial charge >= 0.3 is 0 Å². The van der Waals surface area contributed by atoms with E-state index in [9.17, 15) is 18.0 Å². The van der Waals surface area contributed by atoms with Crippen LogP contribution in [0.25, 0.3) is 0 Å². The molecule has 29 heavy (non-hydrogen) atoms. The largest absolute Gasteiger partial charge is 0.383 e. The molecule has 1 aromatic rings. The Morgan fingerprint density at radius 3 is 2.52 bits per heavy atom. The summed E-state index contributed by atoms with van der Waals surface area (Å²) in [5, 5.41) is 0.405. The fourth-order valence-corrected chi connectivity index (χ4v) is 6.91. The van der Waals surface area contributed by atoms with Crippen LogP contribution >= 0.6 is 23.2 Å². The van der Waals surface area contributed by atoms with E-state index in [-0.39, 0.29) is 33.2 Å². The maximum atomic E-state index is 13.6. The van der Waals surface area contributed by atoms with Crippen LogP contribution in [-0.2, 0) is 24.3 Å². The molecule has 0 aliphatic carbocycles. The van der Waals surface area contributed by atoms with Gasteiger partial charge in [0.05, 0.1) is 11.5 Å². The molecule has 0 N–H and O–H groups in total. The van der Waals surface area contributed by atoms with Crippen molar-refractivity contribution in [2.75, 3.05) is 26.8 Å². The molecule has 1 aromatic carbocycles. The van der Waals surface area contributed by atoms with Gasteiger partial charge in [0.15, 0.2) is 0 Å². The Bertz CT molecular complexity index is 859. The Morgan fingerprint density at radius 1 is 1.21 bits per heavy atom. The molecule has 2 aliphatic heterocycles. The van der Waals surface area contributed by atoms with Crippen molar-refractivity contribution in [3.63, 3.8) is 0 Å². The van der Waals surface area contributed by atoms with Crippen LogP contribution in [0.15, 0.2) is 23.1 Å². The standard InChI is InChI=1S/C19H24Cl2N2O5S/c1-28-8-6-22-12-13(5-7-24)17-3-2-4-18(19(22)25)23(17)29(26,27)16-10-14(20)9-15(21)11-16/h7,9-11,13,17-18H,2-6,8,12H2,1H3/t13-,17?,18?/m0/s1. The Hall–Kier alpha value is -1.19. The van der Waals surface area contributed by atoms with E-state index in [4.69, 9.17) is 27.9 Å². The summed E-state index contributed by atoms with van der Waals surface area (Å²) in [5.41, 5.74) is 0. The third kappa shape index (κ3) is 4.61. The Kier molecular flexibility index (Phi) is 7.22. The molecule has 160 valence electrons. The van der Waals surface area contributed by atoms with Gasteiger partial charge in [-0.15, -0.1) is 0 Å². The molecule has 3 atom stereocenters. The van der Waals surface area contributed by atoms with Crippen LogP contribution in [0.2, 0.25) is 10.0 Å². The minimum Gasteiger partial charge on any atom is -0.383 e. The molecule has 7 nitrogen and oxygen atoms in total. The van der Waals surface area contributed by atoms with Gasteiger partial charge in [-0.05, 0) is 43.4 Å². The van der Waals surface area contributed by atoms with E-state index >= 15 is 0 Å². The molecular formula is C19H24Cl2N2O5S. The molecule has 2 aliphatic rings. The number of rotatable bonds is 7. The number of hydrogen-bond acceptors (Lipinski definition) is 5. The Balaban J connectivity index is 2.08. The van der Waals surface area contributed by atoms with Crippen LogP contribution < -0.4 is 0 Å². The summed E-state index contributed by atoms with van der Waals surface area (Å²) in [4.78, 5) is 26.2. The van der Waals surface area contributed by atoms with Crippen LogP contribution in [0.3, 0.4) is 0 Å². The average Bonchev–Trinajstić information content (AvgIpc) is 2.74. The maximum Gasteiger partial charge on any atom is 0.244 e. The van der Waals surface area contributed by atoms with Crippen molar-refractivity contribution in [3.8, 4) is 0 Å². The van der Waals surface area contributed by atoms with Crippen molar-refractivity contribution in [1.29, 1.82) is 0 Å². The lowest BCUT2D eigenvalue weighted by molar-refractivity contribution is -0.135. The molecule has 10 heteroatoms. The molecule has 2 unspecified atom stereocenters. The Morgan fingerprint density at radius 2 is 1.90 bits per heavy atom. The van der Waals surface area contributed by atoms with Gasteiger partial charge in [-0.1, -0.05) is 23.2 Å². The summed E-state index contributed by atoms with van der Waals surface area (Å²) >= 11 is 12.1. The number of carbonyl (C=O) groups excluding carboxylic acids is 2. The molecule has 0 saturated carbocycles. The van der Waals surface area contributed by atoms with Gasteiger partial charge in [-0.2, -0.15) is 4.31 Å². The van der Waals surface area contributed by atoms with Gasteiger partial charge in [0.1, 0.15) is 12.3 Å². The third-order valence-corrected chi connectivity index (χ3v) is 7.93. The fourth-order valence-electron chi connectivity index (χ4n) is 4.29. The van der Waals surface area contributed by atoms with Crippen molar-refractivity contribution in [2.45, 2.75) is 42.7 Å². The first-order valence-corrected chi connectivity index (χ1v) is 11.7. The number of benzene rings is 1. The first-order chi connectivity index (χ1) is 13.8. The summed E-state index contributed by atoms with van der Waals surface area (Å²) < 4.78 is 33.6. The minimum atomic E-state index is -4.05. The number of carbonyl (C=O) groups is 2. The van der Waals surface area contributed by atoms with Crippen LogP contribution in [0.4, 0.5) is 0 Å². The Labute approximate surface area is 180 Å². The van der Waals surface area contributed by atoms with Gasteiger partial charge in [-0.25, -0.2) is 8.42 Å². The molecule has 2 fully saturated rings. The number of ether oxygens (including phenoxy) is 1. The van der Waals surface area contributed by atoms with Gasteiger partial charge in [-0.3, -0.25) is 4.79 Å². The molecule has 3 rings (SSSR count). The minimum absolute atomic E-state index is 0.0464. The highest BCUT2D eigenvalue weighted by Gasteiger charge is 2.49. The molecule has 0 spiro atoms. The van der Waals surface area contributed by atoms with Crippen LogP contribution in [-0.4, -0.2) is 68.7 Å². The number of amides is 1. The number of fused-ring (bicyclic) bond motifs is 2. The number of aldehydes is 1. The zero-order valence-electron chi connectivity index (χ0n) is 16.1. The molecule has 2 heterocycles. The zero-order chi connectivity index (χ0) is 21.2. The molecule has 0 radical (unpaired) electrons. The van der Waals surface area contributed by atoms with Gasteiger partial charge < -0.3 is 14.4 Å². The fraction of sp³-hybridized carbons (Fsp3) is 0.579. The van der Waals surface area contributed by atoms with Crippen molar-refractivity contribution >= 4 is 45.4 Å². The molecule has 2 bridgehead atoms. The normalized spacial score (nSPS) is 25.7. The van der Waals surface area contributed by atoms with Gasteiger partial charge in [0.25, 0.3) is 0 Å². The number of methoxy groups -OCH3 is 1. The van der Waals surface area contributed by atoms with Gasteiger partial charge in [0.2, 0.25) is 15.9 Å². The second-order valence-electron chi connectivity index (χ2n) is 7.39. The van der Waals surface area contributed by atoms with E-state index < -0.39 is 22.1 Å². The topological polar surface area (TPSA) is 84.0 Å². The first-order valence-electron chi connectivity index (χ1n) is 9.50. The average molecular weight is 463 g/mol. The lowest BCUT2D eigenvalue weighted by Gasteiger charge is -2.40. The van der Waals surface area contributed by atoms with E-state index in [1.165, 1.54) is 22.5 Å². The SMILES string of the molecule is COCCN1C[C@H](CC=O)C2CCCC(C1=O)N2S(=O)(=O)c1cc(Cl)cc(Cl)c1. The summed E-state index contributed by atoms with van der Waals surface area (Å²) in [7, 11) is -2.50. The monoisotopic (exact) mass is 462 g/mol. The van der Waals surface area contributed by atoms with Crippen LogP contribution in [0.5, 0.6) is 0 Å². The van der Waals surface area contributed by atoms with Crippen molar-refractivity contribution in [1.82, 2.24) is 9.21 Å². The second kappa shape index (κ2) is 9.31. The molecule has 0 aromatic heterocycles. The van der Waals surface area contributed by atoms with Crippen molar-refractivity contribution in [2.24, 2.45) is 5.92 Å². The van der Waals surface area contributed by atoms with E-state index in [1.807, 2.05) is 0 Å². The smallest absolute Gasteiger partial charge is 0.244 e. The number of sulfonamides is 1. The third-order valence-electron chi connectivity index (χ3n) is 5.58. The summed E-state index contributed by atoms with van der Waals surface area (Å²) in [6.07, 6.45) is 2.71. The summed E-state index contributed by atoms with van der Waals surface area (Å²) in [6.45, 7) is 1.02. The van der Waals surface area contributed by atoms with E-state index in [0.717, 1.165) is 12.7 Å². The first kappa shape index (κ1) is 22.5. The second-order valence-corrected chi connectivity index (χ2v) is 10.1. The summed E-state index contributed by atoms with van der Waals surface area (Å²) in [6, 6.07) is 2.87.